The summed E-state index contributed by atoms with van der Waals surface area (Å²) in [7, 11) is 0. The molecule has 1 saturated heterocycles. The van der Waals surface area contributed by atoms with Crippen molar-refractivity contribution in [1.29, 1.82) is 0 Å². The molecule has 0 aromatic carbocycles. The highest BCUT2D eigenvalue weighted by Gasteiger charge is 2.35. The molecule has 1 fully saturated rings. The first-order valence-electron chi connectivity index (χ1n) is 5.72. The van der Waals surface area contributed by atoms with Gasteiger partial charge in [-0.2, -0.15) is 4.98 Å². The largest absolute Gasteiger partial charge is 0.394 e. The van der Waals surface area contributed by atoms with Gasteiger partial charge in [-0.1, -0.05) is 5.11 Å². The van der Waals surface area contributed by atoms with Crippen LogP contribution < -0.4 is 11.4 Å². The van der Waals surface area contributed by atoms with E-state index in [9.17, 15) is 4.79 Å². The van der Waals surface area contributed by atoms with Crippen LogP contribution in [0.25, 0.3) is 10.4 Å². The van der Waals surface area contributed by atoms with E-state index < -0.39 is 24.1 Å². The van der Waals surface area contributed by atoms with Crippen LogP contribution in [0.4, 0.5) is 5.82 Å². The maximum absolute atomic E-state index is 11.8. The van der Waals surface area contributed by atoms with E-state index in [1.807, 2.05) is 0 Å². The summed E-state index contributed by atoms with van der Waals surface area (Å²) in [6.07, 6.45) is 0.611. The predicted octanol–water partition coefficient (Wildman–Crippen LogP) is 0.0926. The van der Waals surface area contributed by atoms with Crippen LogP contribution in [-0.4, -0.2) is 33.4 Å². The van der Waals surface area contributed by atoms with Gasteiger partial charge in [0.05, 0.1) is 18.8 Å². The van der Waals surface area contributed by atoms with Crippen molar-refractivity contribution >= 4 is 5.82 Å². The SMILES string of the molecule is Cc1cn([C@@H]2C[C@H](N=[N+]=[N-])[C@H](CO)O2)c(=O)nc1N. The number of hydrogen-bond donors (Lipinski definition) is 2. The number of aliphatic hydroxyl groups is 1. The lowest BCUT2D eigenvalue weighted by Crippen LogP contribution is -2.28. The highest BCUT2D eigenvalue weighted by atomic mass is 16.5. The molecule has 9 nitrogen and oxygen atoms in total. The first-order chi connectivity index (χ1) is 9.06. The molecule has 3 atom stereocenters. The van der Waals surface area contributed by atoms with Gasteiger partial charge in [0.2, 0.25) is 0 Å². The number of azide groups is 1. The number of anilines is 1. The normalized spacial score (nSPS) is 26.1. The lowest BCUT2D eigenvalue weighted by molar-refractivity contribution is -0.0270. The quantitative estimate of drug-likeness (QED) is 0.453. The van der Waals surface area contributed by atoms with Gasteiger partial charge in [0.1, 0.15) is 12.0 Å². The third-order valence-corrected chi connectivity index (χ3v) is 3.07. The van der Waals surface area contributed by atoms with Crippen LogP contribution >= 0.6 is 0 Å². The van der Waals surface area contributed by atoms with Crippen molar-refractivity contribution in [3.63, 3.8) is 0 Å². The van der Waals surface area contributed by atoms with Crippen LogP contribution in [-0.2, 0) is 4.74 Å². The number of nitrogens with zero attached hydrogens (tertiary/aromatic N) is 5. The zero-order valence-corrected chi connectivity index (χ0v) is 10.3. The Bertz CT molecular complexity index is 579. The number of aryl methyl sites for hydroxylation is 1. The number of hydrogen-bond acceptors (Lipinski definition) is 6. The van der Waals surface area contributed by atoms with Crippen molar-refractivity contribution in [2.24, 2.45) is 5.11 Å². The van der Waals surface area contributed by atoms with Crippen molar-refractivity contribution in [3.8, 4) is 0 Å². The molecule has 1 aromatic heterocycles. The summed E-state index contributed by atoms with van der Waals surface area (Å²) in [6.45, 7) is 1.44. The molecule has 0 amide bonds. The molecular weight excluding hydrogens is 252 g/mol. The molecule has 0 aliphatic carbocycles. The Hall–Kier alpha value is -2.09. The minimum absolute atomic E-state index is 0.171. The maximum atomic E-state index is 11.8. The summed E-state index contributed by atoms with van der Waals surface area (Å²) in [6, 6.07) is -0.509. The number of nitrogens with two attached hydrogens (primary N) is 1. The molecule has 2 rings (SSSR count). The third kappa shape index (κ3) is 2.53. The minimum atomic E-state index is -0.620. The summed E-state index contributed by atoms with van der Waals surface area (Å²) in [5.74, 6) is 0.171. The fourth-order valence-corrected chi connectivity index (χ4v) is 2.02. The molecule has 1 aliphatic heterocycles. The van der Waals surface area contributed by atoms with E-state index in [1.165, 1.54) is 4.57 Å². The van der Waals surface area contributed by atoms with Crippen molar-refractivity contribution in [3.05, 3.63) is 32.7 Å². The molecular formula is C10H14N6O3. The van der Waals surface area contributed by atoms with Gasteiger partial charge in [0.15, 0.2) is 0 Å². The van der Waals surface area contributed by atoms with Gasteiger partial charge in [-0.25, -0.2) is 4.79 Å². The van der Waals surface area contributed by atoms with Gasteiger partial charge in [-0.15, -0.1) is 0 Å². The van der Waals surface area contributed by atoms with Gasteiger partial charge in [0, 0.05) is 23.1 Å². The molecule has 9 heteroatoms. The molecule has 0 bridgehead atoms. The van der Waals surface area contributed by atoms with Crippen LogP contribution in [0, 0.1) is 6.92 Å². The Morgan fingerprint density at radius 3 is 3.16 bits per heavy atom. The number of rotatable bonds is 3. The van der Waals surface area contributed by atoms with Crippen molar-refractivity contribution in [2.75, 3.05) is 12.3 Å². The fraction of sp³-hybridized carbons (Fsp3) is 0.600. The summed E-state index contributed by atoms with van der Waals surface area (Å²) >= 11 is 0. The molecule has 0 radical (unpaired) electrons. The van der Waals surface area contributed by atoms with Crippen LogP contribution in [0.3, 0.4) is 0 Å². The second-order valence-electron chi connectivity index (χ2n) is 4.32. The lowest BCUT2D eigenvalue weighted by atomic mass is 10.1. The van der Waals surface area contributed by atoms with E-state index >= 15 is 0 Å². The summed E-state index contributed by atoms with van der Waals surface area (Å²) in [4.78, 5) is 18.2. The fourth-order valence-electron chi connectivity index (χ4n) is 2.02. The van der Waals surface area contributed by atoms with Crippen LogP contribution in [0.2, 0.25) is 0 Å². The predicted molar refractivity (Wildman–Crippen MR) is 66.2 cm³/mol. The number of ether oxygens (including phenoxy) is 1. The van der Waals surface area contributed by atoms with Gasteiger partial charge >= 0.3 is 5.69 Å². The summed E-state index contributed by atoms with van der Waals surface area (Å²) < 4.78 is 6.80. The Morgan fingerprint density at radius 1 is 1.79 bits per heavy atom. The molecule has 0 unspecified atom stereocenters. The first kappa shape index (κ1) is 13.3. The average Bonchev–Trinajstić information content (AvgIpc) is 2.77. The van der Waals surface area contributed by atoms with E-state index in [2.05, 4.69) is 15.0 Å². The smallest absolute Gasteiger partial charge is 0.351 e. The molecule has 19 heavy (non-hydrogen) atoms. The molecule has 102 valence electrons. The van der Waals surface area contributed by atoms with E-state index in [0.717, 1.165) is 0 Å². The molecule has 0 spiro atoms. The summed E-state index contributed by atoms with van der Waals surface area (Å²) in [5, 5.41) is 12.7. The second kappa shape index (κ2) is 5.27. The van der Waals surface area contributed by atoms with Crippen molar-refractivity contribution in [1.82, 2.24) is 9.55 Å². The maximum Gasteiger partial charge on any atom is 0.351 e. The van der Waals surface area contributed by atoms with Gasteiger partial charge in [0.25, 0.3) is 0 Å². The van der Waals surface area contributed by atoms with Crippen molar-refractivity contribution in [2.45, 2.75) is 31.7 Å². The van der Waals surface area contributed by atoms with Crippen LogP contribution in [0.15, 0.2) is 16.1 Å². The highest BCUT2D eigenvalue weighted by molar-refractivity contribution is 5.35. The molecule has 2 heterocycles. The van der Waals surface area contributed by atoms with Crippen LogP contribution in [0.1, 0.15) is 18.2 Å². The zero-order chi connectivity index (χ0) is 14.0. The average molecular weight is 266 g/mol. The monoisotopic (exact) mass is 266 g/mol. The Labute approximate surface area is 108 Å². The number of nitrogen functional groups attached to an aromatic ring is 1. The van der Waals surface area contributed by atoms with Crippen molar-refractivity contribution < 1.29 is 9.84 Å². The Balaban J connectivity index is 2.32. The summed E-state index contributed by atoms with van der Waals surface area (Å²) in [5.41, 5.74) is 14.1. The minimum Gasteiger partial charge on any atom is -0.394 e. The standard InChI is InChI=1S/C10H14N6O3/c1-5-3-16(10(18)13-9(5)11)8-2-6(14-15-12)7(4-17)19-8/h3,6-8,17H,2,4H2,1H3,(H2,11,13,18)/t6-,7-,8-/m0/s1. The van der Waals surface area contributed by atoms with Gasteiger partial charge < -0.3 is 15.6 Å². The first-order valence-corrected chi connectivity index (χ1v) is 5.72. The van der Waals surface area contributed by atoms with Crippen LogP contribution in [0.5, 0.6) is 0 Å². The molecule has 3 N–H and O–H groups in total. The topological polar surface area (TPSA) is 139 Å². The second-order valence-corrected chi connectivity index (χ2v) is 4.32. The third-order valence-electron chi connectivity index (χ3n) is 3.07. The van der Waals surface area contributed by atoms with Gasteiger partial charge in [-0.3, -0.25) is 4.57 Å². The molecule has 0 saturated carbocycles. The highest BCUT2D eigenvalue weighted by Crippen LogP contribution is 2.30. The van der Waals surface area contributed by atoms with E-state index in [0.29, 0.717) is 12.0 Å². The number of aromatic nitrogens is 2. The molecule has 1 aromatic rings. The Kier molecular flexibility index (Phi) is 3.70. The Morgan fingerprint density at radius 2 is 2.53 bits per heavy atom. The van der Waals surface area contributed by atoms with Gasteiger partial charge in [-0.05, 0) is 12.5 Å². The van der Waals surface area contributed by atoms with E-state index in [4.69, 9.17) is 21.1 Å². The molecule has 1 aliphatic rings. The number of aliphatic hydroxyl groups excluding tert-OH is 1. The van der Waals surface area contributed by atoms with E-state index in [-0.39, 0.29) is 12.4 Å². The zero-order valence-electron chi connectivity index (χ0n) is 10.3. The lowest BCUT2D eigenvalue weighted by Gasteiger charge is -2.15. The van der Waals surface area contributed by atoms with E-state index in [1.54, 1.807) is 13.1 Å².